The molecule has 1 heterocycles. The summed E-state index contributed by atoms with van der Waals surface area (Å²) in [5.74, 6) is 0.745. The van der Waals surface area contributed by atoms with Crippen LogP contribution in [0.1, 0.15) is 5.56 Å². The van der Waals surface area contributed by atoms with Crippen molar-refractivity contribution in [3.8, 4) is 0 Å². The average molecular weight is 324 g/mol. The van der Waals surface area contributed by atoms with Crippen LogP contribution in [0.4, 0.5) is 0 Å². The molecule has 6 heteroatoms. The number of hydrogen-bond acceptors (Lipinski definition) is 4. The Labute approximate surface area is 119 Å². The zero-order valence-electron chi connectivity index (χ0n) is 9.45. The first kappa shape index (κ1) is 13.6. The summed E-state index contributed by atoms with van der Waals surface area (Å²) >= 11 is 4.95. The lowest BCUT2D eigenvalue weighted by molar-refractivity contribution is 0.425. The minimum absolute atomic E-state index is 0.511. The van der Waals surface area contributed by atoms with Gasteiger partial charge in [-0.05, 0) is 39.1 Å². The van der Waals surface area contributed by atoms with Gasteiger partial charge in [0, 0.05) is 16.4 Å². The van der Waals surface area contributed by atoms with Crippen LogP contribution < -0.4 is 5.46 Å². The molecule has 3 nitrogen and oxygen atoms in total. The van der Waals surface area contributed by atoms with E-state index in [2.05, 4.69) is 20.9 Å². The van der Waals surface area contributed by atoms with Crippen LogP contribution in [0, 0.1) is 0 Å². The second-order valence-electron chi connectivity index (χ2n) is 3.72. The Bertz CT molecular complexity index is 522. The molecule has 0 amide bonds. The first-order valence-corrected chi connectivity index (χ1v) is 7.12. The van der Waals surface area contributed by atoms with E-state index in [4.69, 9.17) is 10.0 Å². The fourth-order valence-corrected chi connectivity index (χ4v) is 2.47. The zero-order valence-corrected chi connectivity index (χ0v) is 11.9. The molecule has 0 spiro atoms. The predicted molar refractivity (Wildman–Crippen MR) is 77.8 cm³/mol. The Kier molecular flexibility index (Phi) is 4.83. The van der Waals surface area contributed by atoms with Crippen LogP contribution in [0.5, 0.6) is 0 Å². The molecule has 1 aromatic heterocycles. The van der Waals surface area contributed by atoms with Gasteiger partial charge in [-0.1, -0.05) is 24.3 Å². The van der Waals surface area contributed by atoms with Gasteiger partial charge in [0.05, 0.1) is 5.03 Å². The summed E-state index contributed by atoms with van der Waals surface area (Å²) in [5.41, 5.74) is 1.55. The van der Waals surface area contributed by atoms with Crippen molar-refractivity contribution in [2.24, 2.45) is 0 Å². The molecule has 0 unspecified atom stereocenters. The Balaban J connectivity index is 2.01. The van der Waals surface area contributed by atoms with Crippen molar-refractivity contribution >= 4 is 40.3 Å². The van der Waals surface area contributed by atoms with Crippen molar-refractivity contribution in [1.82, 2.24) is 4.98 Å². The maximum atomic E-state index is 9.10. The van der Waals surface area contributed by atoms with E-state index in [0.717, 1.165) is 20.8 Å². The highest BCUT2D eigenvalue weighted by molar-refractivity contribution is 9.10. The number of rotatable bonds is 4. The smallest absolute Gasteiger partial charge is 0.423 e. The Morgan fingerprint density at radius 2 is 2.06 bits per heavy atom. The van der Waals surface area contributed by atoms with E-state index in [1.807, 2.05) is 24.3 Å². The van der Waals surface area contributed by atoms with Crippen LogP contribution in [0.25, 0.3) is 0 Å². The summed E-state index contributed by atoms with van der Waals surface area (Å²) in [7, 11) is -1.42. The molecule has 92 valence electrons. The summed E-state index contributed by atoms with van der Waals surface area (Å²) in [6.07, 6.45) is 1.76. The number of pyridine rings is 1. The van der Waals surface area contributed by atoms with Crippen molar-refractivity contribution in [1.29, 1.82) is 0 Å². The first-order valence-electron chi connectivity index (χ1n) is 5.34. The van der Waals surface area contributed by atoms with Gasteiger partial charge in [-0.15, -0.1) is 11.8 Å². The monoisotopic (exact) mass is 323 g/mol. The van der Waals surface area contributed by atoms with E-state index in [-0.39, 0.29) is 0 Å². The van der Waals surface area contributed by atoms with Gasteiger partial charge in [0.1, 0.15) is 0 Å². The van der Waals surface area contributed by atoms with Gasteiger partial charge in [-0.2, -0.15) is 0 Å². The summed E-state index contributed by atoms with van der Waals surface area (Å²) in [6, 6.07) is 11.1. The average Bonchev–Trinajstić information content (AvgIpc) is 2.38. The minimum atomic E-state index is -1.42. The molecule has 0 aliphatic rings. The van der Waals surface area contributed by atoms with E-state index in [1.165, 1.54) is 0 Å². The minimum Gasteiger partial charge on any atom is -0.423 e. The second kappa shape index (κ2) is 6.38. The van der Waals surface area contributed by atoms with E-state index < -0.39 is 7.12 Å². The third kappa shape index (κ3) is 3.85. The molecule has 18 heavy (non-hydrogen) atoms. The van der Waals surface area contributed by atoms with Crippen LogP contribution in [0.2, 0.25) is 0 Å². The fourth-order valence-electron chi connectivity index (χ4n) is 1.45. The first-order chi connectivity index (χ1) is 8.65. The van der Waals surface area contributed by atoms with Crippen molar-refractivity contribution in [3.05, 3.63) is 52.6 Å². The van der Waals surface area contributed by atoms with Gasteiger partial charge in [-0.25, -0.2) is 4.98 Å². The molecule has 0 saturated heterocycles. The number of hydrogen-bond donors (Lipinski definition) is 2. The lowest BCUT2D eigenvalue weighted by Gasteiger charge is -2.04. The fraction of sp³-hybridized carbons (Fsp3) is 0.0833. The third-order valence-corrected chi connectivity index (χ3v) is 3.82. The second-order valence-corrected chi connectivity index (χ2v) is 5.63. The molecule has 0 aliphatic carbocycles. The SMILES string of the molecule is OB(O)c1cccc(CSc2ccc(Br)cn2)c1. The molecule has 0 atom stereocenters. The molecule has 1 aromatic carbocycles. The van der Waals surface area contributed by atoms with Gasteiger partial charge in [0.25, 0.3) is 0 Å². The van der Waals surface area contributed by atoms with Crippen molar-refractivity contribution in [2.75, 3.05) is 0 Å². The Morgan fingerprint density at radius 3 is 2.72 bits per heavy atom. The largest absolute Gasteiger partial charge is 0.488 e. The summed E-state index contributed by atoms with van der Waals surface area (Å²) in [6.45, 7) is 0. The van der Waals surface area contributed by atoms with Gasteiger partial charge < -0.3 is 10.0 Å². The Morgan fingerprint density at radius 1 is 1.22 bits per heavy atom. The van der Waals surface area contributed by atoms with Crippen molar-refractivity contribution in [3.63, 3.8) is 0 Å². The van der Waals surface area contributed by atoms with Crippen LogP contribution in [0.15, 0.2) is 52.1 Å². The van der Waals surface area contributed by atoms with Gasteiger partial charge in [0.2, 0.25) is 0 Å². The van der Waals surface area contributed by atoms with Crippen LogP contribution in [-0.2, 0) is 5.75 Å². The zero-order chi connectivity index (χ0) is 13.0. The highest BCUT2D eigenvalue weighted by Gasteiger charge is 2.10. The van der Waals surface area contributed by atoms with E-state index in [0.29, 0.717) is 5.46 Å². The maximum Gasteiger partial charge on any atom is 0.488 e. The third-order valence-electron chi connectivity index (χ3n) is 2.34. The quantitative estimate of drug-likeness (QED) is 0.665. The summed E-state index contributed by atoms with van der Waals surface area (Å²) in [5, 5.41) is 19.1. The highest BCUT2D eigenvalue weighted by Crippen LogP contribution is 2.21. The van der Waals surface area contributed by atoms with Crippen LogP contribution in [-0.4, -0.2) is 22.2 Å². The number of benzene rings is 1. The number of halogens is 1. The number of aromatic nitrogens is 1. The number of thioether (sulfide) groups is 1. The van der Waals surface area contributed by atoms with E-state index in [9.17, 15) is 0 Å². The lowest BCUT2D eigenvalue weighted by Crippen LogP contribution is -2.29. The van der Waals surface area contributed by atoms with Crippen molar-refractivity contribution in [2.45, 2.75) is 10.8 Å². The molecule has 0 saturated carbocycles. The van der Waals surface area contributed by atoms with E-state index >= 15 is 0 Å². The molecular weight excluding hydrogens is 313 g/mol. The Hall–Kier alpha value is -0.815. The molecule has 0 aliphatic heterocycles. The number of nitrogens with zero attached hydrogens (tertiary/aromatic N) is 1. The van der Waals surface area contributed by atoms with Crippen LogP contribution in [0.3, 0.4) is 0 Å². The van der Waals surface area contributed by atoms with E-state index in [1.54, 1.807) is 30.1 Å². The van der Waals surface area contributed by atoms with Gasteiger partial charge >= 0.3 is 7.12 Å². The normalized spacial score (nSPS) is 10.4. The molecule has 2 aromatic rings. The molecule has 0 bridgehead atoms. The van der Waals surface area contributed by atoms with Crippen molar-refractivity contribution < 1.29 is 10.0 Å². The van der Waals surface area contributed by atoms with Gasteiger partial charge in [0.15, 0.2) is 0 Å². The molecule has 2 rings (SSSR count). The molecule has 0 fully saturated rings. The topological polar surface area (TPSA) is 53.4 Å². The highest BCUT2D eigenvalue weighted by atomic mass is 79.9. The predicted octanol–water partition coefficient (Wildman–Crippen LogP) is 1.82. The lowest BCUT2D eigenvalue weighted by atomic mass is 9.80. The maximum absolute atomic E-state index is 9.10. The van der Waals surface area contributed by atoms with Gasteiger partial charge in [-0.3, -0.25) is 0 Å². The molecule has 2 N–H and O–H groups in total. The molecular formula is C12H11BBrNO2S. The standard InChI is InChI=1S/C12H11BBrNO2S/c14-11-4-5-12(15-7-11)18-8-9-2-1-3-10(6-9)13(16)17/h1-7,16-17H,8H2. The summed E-state index contributed by atoms with van der Waals surface area (Å²) in [4.78, 5) is 4.27. The van der Waals surface area contributed by atoms with Crippen LogP contribution >= 0.6 is 27.7 Å². The summed E-state index contributed by atoms with van der Waals surface area (Å²) < 4.78 is 0.956. The molecule has 0 radical (unpaired) electrons.